The van der Waals surface area contributed by atoms with Crippen LogP contribution >= 0.6 is 23.2 Å². The second kappa shape index (κ2) is 7.82. The third-order valence-electron chi connectivity index (χ3n) is 2.76. The molecule has 0 aliphatic heterocycles. The molecule has 0 aliphatic rings. The molecule has 0 saturated heterocycles. The van der Waals surface area contributed by atoms with E-state index < -0.39 is 6.10 Å². The van der Waals surface area contributed by atoms with E-state index in [-0.39, 0.29) is 5.91 Å². The molecule has 0 fully saturated rings. The molecule has 1 atom stereocenters. The number of ether oxygens (including phenoxy) is 1. The van der Waals surface area contributed by atoms with Crippen LogP contribution in [-0.4, -0.2) is 18.2 Å². The SMILES string of the molecule is C[C@H](Oc1cccc(Cl)c1)C(=O)NN=Cc1ccccc1Cl. The summed E-state index contributed by atoms with van der Waals surface area (Å²) in [7, 11) is 0. The van der Waals surface area contributed by atoms with E-state index in [0.717, 1.165) is 0 Å². The van der Waals surface area contributed by atoms with Crippen LogP contribution in [0.4, 0.5) is 0 Å². The van der Waals surface area contributed by atoms with Crippen LogP contribution in [0.15, 0.2) is 53.6 Å². The maximum atomic E-state index is 11.9. The third kappa shape index (κ3) is 4.76. The van der Waals surface area contributed by atoms with Crippen LogP contribution in [0.5, 0.6) is 5.75 Å². The Balaban J connectivity index is 1.90. The zero-order valence-electron chi connectivity index (χ0n) is 11.8. The van der Waals surface area contributed by atoms with Gasteiger partial charge in [0.25, 0.3) is 5.91 Å². The highest BCUT2D eigenvalue weighted by Gasteiger charge is 2.13. The summed E-state index contributed by atoms with van der Waals surface area (Å²) in [6.45, 7) is 1.63. The van der Waals surface area contributed by atoms with Gasteiger partial charge in [-0.1, -0.05) is 47.5 Å². The molecule has 114 valence electrons. The van der Waals surface area contributed by atoms with E-state index in [1.807, 2.05) is 12.1 Å². The van der Waals surface area contributed by atoms with Crippen molar-refractivity contribution in [3.05, 3.63) is 64.1 Å². The Kier molecular flexibility index (Phi) is 5.81. The predicted octanol–water partition coefficient (Wildman–Crippen LogP) is 3.91. The molecule has 0 aliphatic carbocycles. The van der Waals surface area contributed by atoms with Crippen molar-refractivity contribution in [3.8, 4) is 5.75 Å². The van der Waals surface area contributed by atoms with E-state index in [4.69, 9.17) is 27.9 Å². The fraction of sp³-hybridized carbons (Fsp3) is 0.125. The van der Waals surface area contributed by atoms with Crippen LogP contribution < -0.4 is 10.2 Å². The van der Waals surface area contributed by atoms with Crippen molar-refractivity contribution in [2.24, 2.45) is 5.10 Å². The molecule has 0 radical (unpaired) electrons. The lowest BCUT2D eigenvalue weighted by Gasteiger charge is -2.12. The number of rotatable bonds is 5. The van der Waals surface area contributed by atoms with Gasteiger partial charge in [-0.15, -0.1) is 0 Å². The predicted molar refractivity (Wildman–Crippen MR) is 88.7 cm³/mol. The summed E-state index contributed by atoms with van der Waals surface area (Å²) in [4.78, 5) is 11.9. The number of amides is 1. The second-order valence-electron chi connectivity index (χ2n) is 4.47. The van der Waals surface area contributed by atoms with Gasteiger partial charge in [-0.2, -0.15) is 5.10 Å². The Morgan fingerprint density at radius 1 is 1.23 bits per heavy atom. The summed E-state index contributed by atoms with van der Waals surface area (Å²) in [5.74, 6) is 0.147. The average Bonchev–Trinajstić information content (AvgIpc) is 2.49. The highest BCUT2D eigenvalue weighted by molar-refractivity contribution is 6.33. The number of hydrazone groups is 1. The number of nitrogens with zero attached hydrogens (tertiary/aromatic N) is 1. The van der Waals surface area contributed by atoms with Crippen molar-refractivity contribution in [2.75, 3.05) is 0 Å². The molecular formula is C16H14Cl2N2O2. The number of hydrogen-bond acceptors (Lipinski definition) is 3. The minimum absolute atomic E-state index is 0.372. The van der Waals surface area contributed by atoms with Gasteiger partial charge < -0.3 is 4.74 Å². The molecule has 0 aromatic heterocycles. The van der Waals surface area contributed by atoms with Crippen molar-refractivity contribution in [1.82, 2.24) is 5.43 Å². The molecule has 2 rings (SSSR count). The summed E-state index contributed by atoms with van der Waals surface area (Å²) < 4.78 is 5.49. The van der Waals surface area contributed by atoms with E-state index in [1.54, 1.807) is 43.3 Å². The molecule has 0 spiro atoms. The van der Waals surface area contributed by atoms with Gasteiger partial charge in [-0.25, -0.2) is 5.43 Å². The van der Waals surface area contributed by atoms with Crippen molar-refractivity contribution in [2.45, 2.75) is 13.0 Å². The second-order valence-corrected chi connectivity index (χ2v) is 5.32. The molecule has 6 heteroatoms. The third-order valence-corrected chi connectivity index (χ3v) is 3.34. The normalized spacial score (nSPS) is 12.1. The first-order valence-corrected chi connectivity index (χ1v) is 7.31. The topological polar surface area (TPSA) is 50.7 Å². The number of nitrogens with one attached hydrogen (secondary N) is 1. The fourth-order valence-corrected chi connectivity index (χ4v) is 2.00. The minimum Gasteiger partial charge on any atom is -0.481 e. The first-order valence-electron chi connectivity index (χ1n) is 6.56. The van der Waals surface area contributed by atoms with Crippen LogP contribution in [0.3, 0.4) is 0 Å². The lowest BCUT2D eigenvalue weighted by molar-refractivity contribution is -0.127. The zero-order valence-corrected chi connectivity index (χ0v) is 13.3. The van der Waals surface area contributed by atoms with Gasteiger partial charge in [0.15, 0.2) is 6.10 Å². The van der Waals surface area contributed by atoms with Crippen molar-refractivity contribution < 1.29 is 9.53 Å². The number of carbonyl (C=O) groups excluding carboxylic acids is 1. The van der Waals surface area contributed by atoms with E-state index in [2.05, 4.69) is 10.5 Å². The van der Waals surface area contributed by atoms with Crippen LogP contribution in [0.2, 0.25) is 10.0 Å². The fourth-order valence-electron chi connectivity index (χ4n) is 1.63. The number of benzene rings is 2. The van der Waals surface area contributed by atoms with Gasteiger partial charge in [-0.05, 0) is 31.2 Å². The van der Waals surface area contributed by atoms with Crippen LogP contribution in [0.1, 0.15) is 12.5 Å². The summed E-state index contributed by atoms with van der Waals surface area (Å²) in [5, 5.41) is 4.97. The Morgan fingerprint density at radius 3 is 2.73 bits per heavy atom. The number of carbonyl (C=O) groups is 1. The highest BCUT2D eigenvalue weighted by atomic mass is 35.5. The standard InChI is InChI=1S/C16H14Cl2N2O2/c1-11(22-14-7-4-6-13(17)9-14)16(21)20-19-10-12-5-2-3-8-15(12)18/h2-11H,1H3,(H,20,21)/t11-/m0/s1. The lowest BCUT2D eigenvalue weighted by Crippen LogP contribution is -2.33. The molecule has 0 unspecified atom stereocenters. The minimum atomic E-state index is -0.707. The molecule has 4 nitrogen and oxygen atoms in total. The number of hydrogen-bond donors (Lipinski definition) is 1. The van der Waals surface area contributed by atoms with E-state index in [1.165, 1.54) is 6.21 Å². The summed E-state index contributed by atoms with van der Waals surface area (Å²) in [5.41, 5.74) is 3.12. The van der Waals surface area contributed by atoms with E-state index in [9.17, 15) is 4.79 Å². The average molecular weight is 337 g/mol. The summed E-state index contributed by atoms with van der Waals surface area (Å²) in [6, 6.07) is 14.0. The summed E-state index contributed by atoms with van der Waals surface area (Å²) >= 11 is 11.8. The Morgan fingerprint density at radius 2 is 2.00 bits per heavy atom. The highest BCUT2D eigenvalue weighted by Crippen LogP contribution is 2.18. The Labute approximate surface area is 138 Å². The van der Waals surface area contributed by atoms with Crippen molar-refractivity contribution in [3.63, 3.8) is 0 Å². The first kappa shape index (κ1) is 16.3. The molecule has 1 amide bonds. The molecule has 0 saturated carbocycles. The van der Waals surface area contributed by atoms with E-state index >= 15 is 0 Å². The van der Waals surface area contributed by atoms with Gasteiger partial charge in [-0.3, -0.25) is 4.79 Å². The molecular weight excluding hydrogens is 323 g/mol. The monoisotopic (exact) mass is 336 g/mol. The van der Waals surface area contributed by atoms with Crippen molar-refractivity contribution >= 4 is 35.3 Å². The summed E-state index contributed by atoms with van der Waals surface area (Å²) in [6.07, 6.45) is 0.772. The van der Waals surface area contributed by atoms with Gasteiger partial charge in [0.2, 0.25) is 0 Å². The largest absolute Gasteiger partial charge is 0.481 e. The Bertz CT molecular complexity index is 689. The Hall–Kier alpha value is -2.04. The van der Waals surface area contributed by atoms with Crippen LogP contribution in [0, 0.1) is 0 Å². The lowest BCUT2D eigenvalue weighted by atomic mass is 10.2. The van der Waals surface area contributed by atoms with Crippen LogP contribution in [-0.2, 0) is 4.79 Å². The van der Waals surface area contributed by atoms with Gasteiger partial charge in [0, 0.05) is 15.6 Å². The molecule has 0 heterocycles. The van der Waals surface area contributed by atoms with E-state index in [0.29, 0.717) is 21.4 Å². The zero-order chi connectivity index (χ0) is 15.9. The number of halogens is 2. The molecule has 2 aromatic rings. The quantitative estimate of drug-likeness (QED) is 0.664. The van der Waals surface area contributed by atoms with Gasteiger partial charge in [0.05, 0.1) is 6.21 Å². The molecule has 0 bridgehead atoms. The van der Waals surface area contributed by atoms with Crippen LogP contribution in [0.25, 0.3) is 0 Å². The van der Waals surface area contributed by atoms with Gasteiger partial charge in [0.1, 0.15) is 5.75 Å². The molecule has 1 N–H and O–H groups in total. The smallest absolute Gasteiger partial charge is 0.280 e. The maximum absolute atomic E-state index is 11.9. The maximum Gasteiger partial charge on any atom is 0.280 e. The first-order chi connectivity index (χ1) is 10.6. The van der Waals surface area contributed by atoms with Crippen molar-refractivity contribution in [1.29, 1.82) is 0 Å². The van der Waals surface area contributed by atoms with Gasteiger partial charge >= 0.3 is 0 Å². The molecule has 22 heavy (non-hydrogen) atoms. The molecule has 2 aromatic carbocycles.